The smallest absolute Gasteiger partial charge is 0.250 e. The molecule has 1 aromatic carbocycles. The van der Waals surface area contributed by atoms with E-state index in [0.717, 1.165) is 5.76 Å². The summed E-state index contributed by atoms with van der Waals surface area (Å²) in [6.45, 7) is 13.3. The molecule has 0 atom stereocenters. The van der Waals surface area contributed by atoms with Gasteiger partial charge in [-0.2, -0.15) is 0 Å². The fourth-order valence-corrected chi connectivity index (χ4v) is 2.46. The van der Waals surface area contributed by atoms with Gasteiger partial charge in [-0.05, 0) is 42.8 Å². The molecule has 19 heavy (non-hydrogen) atoms. The Kier molecular flexibility index (Phi) is 5.18. The Labute approximate surface area is 119 Å². The normalized spacial score (nSPS) is 13.9. The van der Waals surface area contributed by atoms with Crippen LogP contribution in [0.4, 0.5) is 0 Å². The molecule has 1 aromatic rings. The highest BCUT2D eigenvalue weighted by Gasteiger charge is 2.38. The maximum atomic E-state index is 6.29. The van der Waals surface area contributed by atoms with Crippen molar-refractivity contribution in [3.8, 4) is 0 Å². The Balaban J connectivity index is 2.79. The van der Waals surface area contributed by atoms with Crippen LogP contribution < -0.4 is 0 Å². The maximum absolute atomic E-state index is 6.29. The molecule has 0 aliphatic heterocycles. The van der Waals surface area contributed by atoms with E-state index >= 15 is 0 Å². The summed E-state index contributed by atoms with van der Waals surface area (Å²) < 4.78 is 6.29. The molecule has 0 aromatic heterocycles. The van der Waals surface area contributed by atoms with E-state index in [0.29, 0.717) is 0 Å². The third-order valence-corrected chi connectivity index (χ3v) is 8.06. The van der Waals surface area contributed by atoms with Crippen LogP contribution in [-0.4, -0.2) is 8.32 Å². The average Bonchev–Trinajstić information content (AvgIpc) is 2.34. The SMILES string of the molecule is C/C=C(/C=C/c1ccccc1)O[Si](C)(C)C(C)(C)C. The lowest BCUT2D eigenvalue weighted by atomic mass is 10.2. The molecule has 0 radical (unpaired) electrons. The summed E-state index contributed by atoms with van der Waals surface area (Å²) in [4.78, 5) is 0. The summed E-state index contributed by atoms with van der Waals surface area (Å²) in [6, 6.07) is 10.3. The van der Waals surface area contributed by atoms with Crippen molar-refractivity contribution in [2.75, 3.05) is 0 Å². The largest absolute Gasteiger partial charge is 0.544 e. The fraction of sp³-hybridized carbons (Fsp3) is 0.412. The van der Waals surface area contributed by atoms with Gasteiger partial charge >= 0.3 is 0 Å². The Morgan fingerprint density at radius 3 is 2.16 bits per heavy atom. The molecule has 0 aliphatic carbocycles. The van der Waals surface area contributed by atoms with Gasteiger partial charge in [0.05, 0.1) is 5.76 Å². The first-order valence-electron chi connectivity index (χ1n) is 6.85. The van der Waals surface area contributed by atoms with Crippen LogP contribution in [0.25, 0.3) is 6.08 Å². The quantitative estimate of drug-likeness (QED) is 0.393. The van der Waals surface area contributed by atoms with Gasteiger partial charge in [-0.25, -0.2) is 0 Å². The molecule has 0 heterocycles. The van der Waals surface area contributed by atoms with Crippen molar-refractivity contribution in [3.05, 3.63) is 53.8 Å². The van der Waals surface area contributed by atoms with Crippen LogP contribution in [0.1, 0.15) is 33.3 Å². The van der Waals surface area contributed by atoms with Crippen LogP contribution in [0, 0.1) is 0 Å². The molecule has 0 spiro atoms. The van der Waals surface area contributed by atoms with E-state index in [9.17, 15) is 0 Å². The zero-order valence-electron chi connectivity index (χ0n) is 13.0. The number of benzene rings is 1. The van der Waals surface area contributed by atoms with E-state index < -0.39 is 8.32 Å². The second-order valence-electron chi connectivity index (χ2n) is 6.30. The van der Waals surface area contributed by atoms with E-state index in [4.69, 9.17) is 4.43 Å². The molecular weight excluding hydrogens is 248 g/mol. The molecule has 0 amide bonds. The van der Waals surface area contributed by atoms with E-state index in [-0.39, 0.29) is 5.04 Å². The van der Waals surface area contributed by atoms with Gasteiger partial charge in [-0.15, -0.1) is 0 Å². The second kappa shape index (κ2) is 6.24. The summed E-state index contributed by atoms with van der Waals surface area (Å²) >= 11 is 0. The van der Waals surface area contributed by atoms with Crippen molar-refractivity contribution < 1.29 is 4.43 Å². The Morgan fingerprint density at radius 1 is 1.11 bits per heavy atom. The monoisotopic (exact) mass is 274 g/mol. The van der Waals surface area contributed by atoms with Crippen LogP contribution in [-0.2, 0) is 4.43 Å². The molecule has 1 rings (SSSR count). The standard InChI is InChI=1S/C17H26OSi/c1-7-16(18-19(5,6)17(2,3)4)14-13-15-11-9-8-10-12-15/h7-14H,1-6H3/b14-13+,16-7-. The maximum Gasteiger partial charge on any atom is 0.250 e. The first-order valence-corrected chi connectivity index (χ1v) is 9.75. The van der Waals surface area contributed by atoms with E-state index in [2.05, 4.69) is 58.2 Å². The minimum atomic E-state index is -1.75. The van der Waals surface area contributed by atoms with Crippen molar-refractivity contribution >= 4 is 14.4 Å². The molecule has 0 N–H and O–H groups in total. The molecule has 104 valence electrons. The van der Waals surface area contributed by atoms with Crippen LogP contribution in [0.5, 0.6) is 0 Å². The van der Waals surface area contributed by atoms with E-state index in [1.165, 1.54) is 5.56 Å². The third-order valence-electron chi connectivity index (χ3n) is 3.70. The van der Waals surface area contributed by atoms with Crippen LogP contribution in [0.2, 0.25) is 18.1 Å². The summed E-state index contributed by atoms with van der Waals surface area (Å²) in [5.74, 6) is 0.968. The van der Waals surface area contributed by atoms with Gasteiger partial charge in [0.1, 0.15) is 0 Å². The number of hydrogen-bond acceptors (Lipinski definition) is 1. The number of allylic oxidation sites excluding steroid dienone is 2. The highest BCUT2D eigenvalue weighted by atomic mass is 28.4. The van der Waals surface area contributed by atoms with Crippen molar-refractivity contribution in [2.24, 2.45) is 0 Å². The van der Waals surface area contributed by atoms with Gasteiger partial charge < -0.3 is 4.43 Å². The highest BCUT2D eigenvalue weighted by molar-refractivity contribution is 6.74. The van der Waals surface area contributed by atoms with Crippen LogP contribution in [0.3, 0.4) is 0 Å². The second-order valence-corrected chi connectivity index (χ2v) is 11.0. The zero-order valence-corrected chi connectivity index (χ0v) is 14.0. The van der Waals surface area contributed by atoms with Crippen LogP contribution >= 0.6 is 0 Å². The molecule has 0 fully saturated rings. The third kappa shape index (κ3) is 4.71. The minimum Gasteiger partial charge on any atom is -0.544 e. The minimum absolute atomic E-state index is 0.224. The van der Waals surface area contributed by atoms with Gasteiger partial charge in [0.15, 0.2) is 0 Å². The van der Waals surface area contributed by atoms with Crippen molar-refractivity contribution in [3.63, 3.8) is 0 Å². The Hall–Kier alpha value is -1.28. The first-order chi connectivity index (χ1) is 8.76. The molecule has 1 nitrogen and oxygen atoms in total. The van der Waals surface area contributed by atoms with Crippen molar-refractivity contribution in [2.45, 2.75) is 45.8 Å². The highest BCUT2D eigenvalue weighted by Crippen LogP contribution is 2.38. The Morgan fingerprint density at radius 2 is 1.68 bits per heavy atom. The lowest BCUT2D eigenvalue weighted by Crippen LogP contribution is -2.40. The molecule has 2 heteroatoms. The lowest BCUT2D eigenvalue weighted by Gasteiger charge is -2.36. The molecular formula is C17H26OSi. The van der Waals surface area contributed by atoms with Gasteiger partial charge in [0.25, 0.3) is 0 Å². The van der Waals surface area contributed by atoms with Crippen molar-refractivity contribution in [1.82, 2.24) is 0 Å². The van der Waals surface area contributed by atoms with Crippen LogP contribution in [0.15, 0.2) is 48.2 Å². The first kappa shape index (κ1) is 15.8. The van der Waals surface area contributed by atoms with E-state index in [1.54, 1.807) is 0 Å². The predicted octanol–water partition coefficient (Wildman–Crippen LogP) is 5.63. The molecule has 0 aliphatic rings. The molecule has 0 bridgehead atoms. The van der Waals surface area contributed by atoms with E-state index in [1.807, 2.05) is 31.2 Å². The Bertz CT molecular complexity index is 450. The number of hydrogen-bond donors (Lipinski definition) is 0. The average molecular weight is 274 g/mol. The van der Waals surface area contributed by atoms with Crippen molar-refractivity contribution in [1.29, 1.82) is 0 Å². The topological polar surface area (TPSA) is 9.23 Å². The summed E-state index contributed by atoms with van der Waals surface area (Å²) in [7, 11) is -1.75. The number of rotatable bonds is 4. The summed E-state index contributed by atoms with van der Waals surface area (Å²) in [5, 5.41) is 0.224. The molecule has 0 saturated heterocycles. The van der Waals surface area contributed by atoms with Gasteiger partial charge in [-0.1, -0.05) is 57.2 Å². The predicted molar refractivity (Wildman–Crippen MR) is 87.5 cm³/mol. The van der Waals surface area contributed by atoms with Gasteiger partial charge in [0, 0.05) is 0 Å². The summed E-state index contributed by atoms with van der Waals surface area (Å²) in [6.07, 6.45) is 6.21. The zero-order chi connectivity index (χ0) is 14.5. The van der Waals surface area contributed by atoms with Gasteiger partial charge in [-0.3, -0.25) is 0 Å². The lowest BCUT2D eigenvalue weighted by molar-refractivity contribution is 0.399. The molecule has 0 unspecified atom stereocenters. The summed E-state index contributed by atoms with van der Waals surface area (Å²) in [5.41, 5.74) is 1.20. The molecule has 0 saturated carbocycles. The fourth-order valence-electron chi connectivity index (χ4n) is 1.38. The van der Waals surface area contributed by atoms with Gasteiger partial charge in [0.2, 0.25) is 8.32 Å².